The maximum Gasteiger partial charge on any atom is 0.222 e. The van der Waals surface area contributed by atoms with Gasteiger partial charge in [-0.3, -0.25) is 14.5 Å². The number of aromatic nitrogens is 2. The van der Waals surface area contributed by atoms with E-state index in [0.717, 1.165) is 45.0 Å². The van der Waals surface area contributed by atoms with Gasteiger partial charge in [0.25, 0.3) is 0 Å². The fraction of sp³-hybridized carbons (Fsp3) is 0.542. The minimum Gasteiger partial charge on any atom is -0.354 e. The van der Waals surface area contributed by atoms with Gasteiger partial charge in [0.2, 0.25) is 5.91 Å². The number of rotatable bonds is 7. The molecule has 3 heterocycles. The molecule has 2 aromatic rings. The van der Waals surface area contributed by atoms with Crippen molar-refractivity contribution in [1.82, 2.24) is 24.9 Å². The zero-order valence-electron chi connectivity index (χ0n) is 20.1. The van der Waals surface area contributed by atoms with E-state index in [1.807, 2.05) is 29.9 Å². The van der Waals surface area contributed by atoms with Crippen LogP contribution in [0, 0.1) is 0 Å². The van der Waals surface area contributed by atoms with Crippen molar-refractivity contribution in [2.75, 3.05) is 52.2 Å². The molecule has 0 bridgehead atoms. The number of hydrogen-bond acceptors (Lipinski definition) is 4. The SMILES string of the molecule is CN=C(NCC(c1cnn(C)c1)N(C)C)N1CC(CCN2CCCC2=O)c2ccccc21.I. The normalized spacial score (nSPS) is 19.1. The van der Waals surface area contributed by atoms with Crippen LogP contribution in [0.2, 0.25) is 0 Å². The minimum atomic E-state index is 0. The Morgan fingerprint density at radius 3 is 2.76 bits per heavy atom. The highest BCUT2D eigenvalue weighted by Crippen LogP contribution is 2.38. The van der Waals surface area contributed by atoms with Gasteiger partial charge >= 0.3 is 0 Å². The molecule has 1 aromatic carbocycles. The Hall–Kier alpha value is -2.14. The van der Waals surface area contributed by atoms with Gasteiger partial charge in [0.05, 0.1) is 12.2 Å². The molecule has 1 saturated heterocycles. The lowest BCUT2D eigenvalue weighted by atomic mass is 9.98. The van der Waals surface area contributed by atoms with Crippen molar-refractivity contribution in [2.24, 2.45) is 12.0 Å². The molecular weight excluding hydrogens is 529 g/mol. The molecule has 1 amide bonds. The van der Waals surface area contributed by atoms with Crippen molar-refractivity contribution >= 4 is 41.5 Å². The van der Waals surface area contributed by atoms with Crippen molar-refractivity contribution in [2.45, 2.75) is 31.2 Å². The second-order valence-corrected chi connectivity index (χ2v) is 8.99. The Balaban J connectivity index is 0.00000306. The molecule has 1 fully saturated rings. The van der Waals surface area contributed by atoms with Crippen LogP contribution in [0.1, 0.15) is 42.3 Å². The number of nitrogens with one attached hydrogen (secondary N) is 1. The highest BCUT2D eigenvalue weighted by Gasteiger charge is 2.32. The Bertz CT molecular complexity index is 973. The zero-order valence-corrected chi connectivity index (χ0v) is 22.4. The zero-order chi connectivity index (χ0) is 22.7. The molecule has 0 radical (unpaired) electrons. The van der Waals surface area contributed by atoms with Crippen LogP contribution in [-0.4, -0.2) is 78.8 Å². The summed E-state index contributed by atoms with van der Waals surface area (Å²) in [5.74, 6) is 1.57. The summed E-state index contributed by atoms with van der Waals surface area (Å²) in [6, 6.07) is 8.78. The monoisotopic (exact) mass is 565 g/mol. The van der Waals surface area contributed by atoms with Crippen LogP contribution in [-0.2, 0) is 11.8 Å². The summed E-state index contributed by atoms with van der Waals surface area (Å²) < 4.78 is 1.84. The predicted molar refractivity (Wildman–Crippen MR) is 143 cm³/mol. The summed E-state index contributed by atoms with van der Waals surface area (Å²) in [7, 11) is 7.96. The number of likely N-dealkylation sites (tertiary alicyclic amines) is 1. The van der Waals surface area contributed by atoms with E-state index in [1.165, 1.54) is 16.8 Å². The van der Waals surface area contributed by atoms with Gasteiger partial charge in [-0.05, 0) is 38.6 Å². The molecule has 0 aliphatic carbocycles. The summed E-state index contributed by atoms with van der Waals surface area (Å²) in [6.07, 6.45) is 6.67. The topological polar surface area (TPSA) is 69.0 Å². The van der Waals surface area contributed by atoms with Gasteiger partial charge in [-0.2, -0.15) is 5.10 Å². The van der Waals surface area contributed by atoms with E-state index >= 15 is 0 Å². The number of benzene rings is 1. The van der Waals surface area contributed by atoms with E-state index in [9.17, 15) is 4.79 Å². The summed E-state index contributed by atoms with van der Waals surface area (Å²) >= 11 is 0. The number of anilines is 1. The van der Waals surface area contributed by atoms with Gasteiger partial charge in [-0.25, -0.2) is 0 Å². The van der Waals surface area contributed by atoms with Crippen molar-refractivity contribution in [3.63, 3.8) is 0 Å². The standard InChI is InChI=1S/C24H35N7O.HI/c1-25-24(26-15-22(28(2)3)19-14-27-29(4)16-19)31-17-18(20-8-5-6-9-21(20)31)11-13-30-12-7-10-23(30)32;/h5-6,8-9,14,16,18,22H,7,10-13,15,17H2,1-4H3,(H,25,26);1H. The summed E-state index contributed by atoms with van der Waals surface area (Å²) in [4.78, 5) is 23.2. The van der Waals surface area contributed by atoms with Crippen LogP contribution in [0.3, 0.4) is 0 Å². The molecule has 1 aromatic heterocycles. The number of likely N-dealkylation sites (N-methyl/N-ethyl adjacent to an activating group) is 1. The van der Waals surface area contributed by atoms with Crippen LogP contribution in [0.5, 0.6) is 0 Å². The number of carbonyl (C=O) groups is 1. The minimum absolute atomic E-state index is 0. The van der Waals surface area contributed by atoms with Crippen molar-refractivity contribution < 1.29 is 4.79 Å². The van der Waals surface area contributed by atoms with E-state index in [4.69, 9.17) is 0 Å². The molecule has 0 saturated carbocycles. The average Bonchev–Trinajstić information content (AvgIpc) is 3.49. The smallest absolute Gasteiger partial charge is 0.222 e. The van der Waals surface area contributed by atoms with Gasteiger partial charge < -0.3 is 20.0 Å². The summed E-state index contributed by atoms with van der Waals surface area (Å²) in [6.45, 7) is 3.35. The lowest BCUT2D eigenvalue weighted by Crippen LogP contribution is -2.44. The van der Waals surface area contributed by atoms with E-state index in [1.54, 1.807) is 0 Å². The van der Waals surface area contributed by atoms with Crippen molar-refractivity contribution in [3.05, 3.63) is 47.8 Å². The number of aliphatic imine (C=N–C) groups is 1. The van der Waals surface area contributed by atoms with Crippen LogP contribution in [0.4, 0.5) is 5.69 Å². The van der Waals surface area contributed by atoms with Crippen LogP contribution in [0.25, 0.3) is 0 Å². The quantitative estimate of drug-likeness (QED) is 0.318. The molecule has 2 aliphatic rings. The predicted octanol–water partition coefficient (Wildman–Crippen LogP) is 2.83. The Morgan fingerprint density at radius 2 is 2.12 bits per heavy atom. The first-order chi connectivity index (χ1) is 15.5. The molecule has 9 heteroatoms. The van der Waals surface area contributed by atoms with Gasteiger partial charge in [-0.15, -0.1) is 24.0 Å². The second kappa shape index (κ2) is 11.3. The number of hydrogen-bond donors (Lipinski definition) is 1. The Kier molecular flexibility index (Phi) is 8.75. The first kappa shape index (κ1) is 25.5. The van der Waals surface area contributed by atoms with Gasteiger partial charge in [0.15, 0.2) is 5.96 Å². The molecule has 2 unspecified atom stereocenters. The highest BCUT2D eigenvalue weighted by molar-refractivity contribution is 14.0. The molecule has 2 atom stereocenters. The number of amides is 1. The first-order valence-electron chi connectivity index (χ1n) is 11.5. The van der Waals surface area contributed by atoms with Crippen LogP contribution >= 0.6 is 24.0 Å². The van der Waals surface area contributed by atoms with Gasteiger partial charge in [0.1, 0.15) is 0 Å². The maximum atomic E-state index is 12.0. The molecule has 8 nitrogen and oxygen atoms in total. The van der Waals surface area contributed by atoms with Gasteiger partial charge in [0, 0.05) is 70.1 Å². The van der Waals surface area contributed by atoms with Crippen molar-refractivity contribution in [3.8, 4) is 0 Å². The number of halogens is 1. The lowest BCUT2D eigenvalue weighted by Gasteiger charge is -2.28. The molecule has 2 aliphatic heterocycles. The number of aryl methyl sites for hydroxylation is 1. The third-order valence-corrected chi connectivity index (χ3v) is 6.64. The largest absolute Gasteiger partial charge is 0.354 e. The second-order valence-electron chi connectivity index (χ2n) is 8.99. The number of fused-ring (bicyclic) bond motifs is 1. The average molecular weight is 566 g/mol. The number of para-hydroxylation sites is 1. The van der Waals surface area contributed by atoms with E-state index < -0.39 is 0 Å². The van der Waals surface area contributed by atoms with E-state index in [0.29, 0.717) is 18.2 Å². The van der Waals surface area contributed by atoms with Gasteiger partial charge in [-0.1, -0.05) is 18.2 Å². The molecule has 180 valence electrons. The highest BCUT2D eigenvalue weighted by atomic mass is 127. The lowest BCUT2D eigenvalue weighted by molar-refractivity contribution is -0.127. The Morgan fingerprint density at radius 1 is 1.33 bits per heavy atom. The molecular formula is C24H36IN7O. The van der Waals surface area contributed by atoms with Crippen LogP contribution in [0.15, 0.2) is 41.7 Å². The first-order valence-corrected chi connectivity index (χ1v) is 11.5. The Labute approximate surface area is 214 Å². The third-order valence-electron chi connectivity index (χ3n) is 6.64. The van der Waals surface area contributed by atoms with E-state index in [-0.39, 0.29) is 30.0 Å². The molecule has 4 rings (SSSR count). The fourth-order valence-corrected chi connectivity index (χ4v) is 4.89. The molecule has 1 N–H and O–H groups in total. The molecule has 33 heavy (non-hydrogen) atoms. The summed E-state index contributed by atoms with van der Waals surface area (Å²) in [5.41, 5.74) is 3.73. The maximum absolute atomic E-state index is 12.0. The van der Waals surface area contributed by atoms with E-state index in [2.05, 4.69) is 69.8 Å². The number of guanidine groups is 1. The number of nitrogens with zero attached hydrogens (tertiary/aromatic N) is 6. The fourth-order valence-electron chi connectivity index (χ4n) is 4.89. The van der Waals surface area contributed by atoms with Crippen molar-refractivity contribution in [1.29, 1.82) is 0 Å². The third kappa shape index (κ3) is 5.68. The number of carbonyl (C=O) groups excluding carboxylic acids is 1. The van der Waals surface area contributed by atoms with Crippen LogP contribution < -0.4 is 10.2 Å². The molecule has 0 spiro atoms. The summed E-state index contributed by atoms with van der Waals surface area (Å²) in [5, 5.41) is 7.94.